The molecule has 0 saturated carbocycles. The summed E-state index contributed by atoms with van der Waals surface area (Å²) in [6, 6.07) is 4.51. The molecule has 0 aliphatic rings. The minimum absolute atomic E-state index is 0.0140. The highest BCUT2D eigenvalue weighted by Gasteiger charge is 2.19. The predicted octanol–water partition coefficient (Wildman–Crippen LogP) is 3.01. The van der Waals surface area contributed by atoms with Gasteiger partial charge in [0.25, 0.3) is 0 Å². The van der Waals surface area contributed by atoms with Crippen LogP contribution in [0.3, 0.4) is 0 Å². The number of phenols is 2. The smallest absolute Gasteiger partial charge is 0.410 e. The zero-order valence-electron chi connectivity index (χ0n) is 14.6. The van der Waals surface area contributed by atoms with Gasteiger partial charge in [0, 0.05) is 25.7 Å². The molecule has 1 amide bonds. The molecule has 6 nitrogen and oxygen atoms in total. The summed E-state index contributed by atoms with van der Waals surface area (Å²) in [4.78, 5) is 13.4. The zero-order valence-corrected chi connectivity index (χ0v) is 14.6. The Labute approximate surface area is 138 Å². The van der Waals surface area contributed by atoms with Crippen molar-refractivity contribution >= 4 is 6.09 Å². The molecule has 1 unspecified atom stereocenters. The number of hydrogen-bond acceptors (Lipinski definition) is 5. The molecule has 0 aliphatic carbocycles. The molecule has 130 valence electrons. The molecule has 0 bridgehead atoms. The summed E-state index contributed by atoms with van der Waals surface area (Å²) >= 11 is 0. The third-order valence-corrected chi connectivity index (χ3v) is 3.25. The van der Waals surface area contributed by atoms with Crippen molar-refractivity contribution < 1.29 is 19.7 Å². The molecule has 1 atom stereocenters. The molecule has 0 radical (unpaired) electrons. The van der Waals surface area contributed by atoms with Crippen LogP contribution in [0.2, 0.25) is 0 Å². The molecule has 1 rings (SSSR count). The van der Waals surface area contributed by atoms with Gasteiger partial charge in [-0.2, -0.15) is 0 Å². The van der Waals surface area contributed by atoms with Gasteiger partial charge in [0.1, 0.15) is 17.1 Å². The first-order valence-electron chi connectivity index (χ1n) is 7.79. The molecular formula is C17H28N2O4. The van der Waals surface area contributed by atoms with Gasteiger partial charge in [-0.15, -0.1) is 0 Å². The van der Waals surface area contributed by atoms with Crippen molar-refractivity contribution in [2.24, 2.45) is 0 Å². The van der Waals surface area contributed by atoms with Gasteiger partial charge in [0.15, 0.2) is 0 Å². The fourth-order valence-electron chi connectivity index (χ4n) is 2.05. The van der Waals surface area contributed by atoms with Crippen LogP contribution in [0.15, 0.2) is 18.2 Å². The van der Waals surface area contributed by atoms with Crippen LogP contribution in [0.25, 0.3) is 0 Å². The van der Waals surface area contributed by atoms with Crippen molar-refractivity contribution in [1.29, 1.82) is 0 Å². The Morgan fingerprint density at radius 3 is 2.35 bits per heavy atom. The van der Waals surface area contributed by atoms with E-state index < -0.39 is 5.60 Å². The summed E-state index contributed by atoms with van der Waals surface area (Å²) in [6.07, 6.45) is 0.439. The number of amides is 1. The number of carbonyl (C=O) groups is 1. The highest BCUT2D eigenvalue weighted by Crippen LogP contribution is 2.24. The van der Waals surface area contributed by atoms with Crippen molar-refractivity contribution in [3.8, 4) is 11.5 Å². The number of nitrogens with zero attached hydrogens (tertiary/aromatic N) is 1. The van der Waals surface area contributed by atoms with Gasteiger partial charge in [-0.1, -0.05) is 0 Å². The molecule has 3 N–H and O–H groups in total. The maximum Gasteiger partial charge on any atom is 0.410 e. The SMILES string of the molecule is CC(NCCCN(C)C(=O)OC(C)(C)C)c1cc(O)cc(O)c1. The Morgan fingerprint density at radius 2 is 1.83 bits per heavy atom. The van der Waals surface area contributed by atoms with Crippen molar-refractivity contribution in [2.45, 2.75) is 45.8 Å². The van der Waals surface area contributed by atoms with E-state index in [1.807, 2.05) is 27.7 Å². The summed E-state index contributed by atoms with van der Waals surface area (Å²) in [6.45, 7) is 8.75. The number of phenolic OH excluding ortho intramolecular Hbond substituents is 2. The lowest BCUT2D eigenvalue weighted by atomic mass is 10.1. The molecule has 0 aliphatic heterocycles. The largest absolute Gasteiger partial charge is 0.508 e. The quantitative estimate of drug-likeness (QED) is 0.701. The van der Waals surface area contributed by atoms with Gasteiger partial charge >= 0.3 is 6.09 Å². The van der Waals surface area contributed by atoms with Crippen molar-refractivity contribution in [2.75, 3.05) is 20.1 Å². The second-order valence-electron chi connectivity index (χ2n) is 6.71. The highest BCUT2D eigenvalue weighted by atomic mass is 16.6. The summed E-state index contributed by atoms with van der Waals surface area (Å²) in [5.41, 5.74) is 0.318. The molecule has 6 heteroatoms. The fraction of sp³-hybridized carbons (Fsp3) is 0.588. The van der Waals surface area contributed by atoms with Crippen LogP contribution in [-0.2, 0) is 4.74 Å². The minimum atomic E-state index is -0.491. The predicted molar refractivity (Wildman–Crippen MR) is 89.7 cm³/mol. The van der Waals surface area contributed by atoms with E-state index in [9.17, 15) is 15.0 Å². The lowest BCUT2D eigenvalue weighted by molar-refractivity contribution is 0.0297. The van der Waals surface area contributed by atoms with E-state index in [0.29, 0.717) is 13.1 Å². The van der Waals surface area contributed by atoms with Crippen molar-refractivity contribution in [3.63, 3.8) is 0 Å². The van der Waals surface area contributed by atoms with Crippen LogP contribution in [-0.4, -0.2) is 46.9 Å². The van der Waals surface area contributed by atoms with E-state index in [4.69, 9.17) is 4.74 Å². The first-order chi connectivity index (χ1) is 10.6. The average Bonchev–Trinajstić information content (AvgIpc) is 2.40. The van der Waals surface area contributed by atoms with E-state index in [0.717, 1.165) is 12.0 Å². The van der Waals surface area contributed by atoms with E-state index in [2.05, 4.69) is 5.32 Å². The Bertz CT molecular complexity index is 506. The van der Waals surface area contributed by atoms with Gasteiger partial charge in [0.05, 0.1) is 0 Å². The summed E-state index contributed by atoms with van der Waals surface area (Å²) in [5.74, 6) is 0.0802. The van der Waals surface area contributed by atoms with Crippen LogP contribution in [0.4, 0.5) is 4.79 Å². The molecule has 23 heavy (non-hydrogen) atoms. The molecular weight excluding hydrogens is 296 g/mol. The van der Waals surface area contributed by atoms with Crippen LogP contribution in [0.1, 0.15) is 45.7 Å². The van der Waals surface area contributed by atoms with E-state index in [-0.39, 0.29) is 23.6 Å². The van der Waals surface area contributed by atoms with Crippen LogP contribution >= 0.6 is 0 Å². The second-order valence-corrected chi connectivity index (χ2v) is 6.71. The number of carbonyl (C=O) groups excluding carboxylic acids is 1. The standard InChI is InChI=1S/C17H28N2O4/c1-12(13-9-14(20)11-15(21)10-13)18-7-6-8-19(5)16(22)23-17(2,3)4/h9-12,18,20-21H,6-8H2,1-5H3. The molecule has 0 fully saturated rings. The van der Waals surface area contributed by atoms with Gasteiger partial charge in [-0.05, 0) is 58.4 Å². The van der Waals surface area contributed by atoms with Crippen LogP contribution in [0, 0.1) is 0 Å². The number of ether oxygens (including phenoxy) is 1. The summed E-state index contributed by atoms with van der Waals surface area (Å²) in [5, 5.41) is 22.3. The fourth-order valence-corrected chi connectivity index (χ4v) is 2.05. The molecule has 0 spiro atoms. The number of benzene rings is 1. The topological polar surface area (TPSA) is 82.0 Å². The highest BCUT2D eigenvalue weighted by molar-refractivity contribution is 5.67. The van der Waals surface area contributed by atoms with Crippen molar-refractivity contribution in [1.82, 2.24) is 10.2 Å². The number of nitrogens with one attached hydrogen (secondary N) is 1. The number of rotatable bonds is 6. The average molecular weight is 324 g/mol. The molecule has 1 aromatic rings. The molecule has 0 aromatic heterocycles. The van der Waals surface area contributed by atoms with Gasteiger partial charge in [-0.25, -0.2) is 4.79 Å². The second kappa shape index (κ2) is 8.06. The summed E-state index contributed by atoms with van der Waals surface area (Å²) in [7, 11) is 1.71. The Balaban J connectivity index is 2.35. The van der Waals surface area contributed by atoms with Gasteiger partial charge < -0.3 is 25.2 Å². The van der Waals surface area contributed by atoms with Gasteiger partial charge in [0.2, 0.25) is 0 Å². The Kier molecular flexibility index (Phi) is 6.69. The Morgan fingerprint density at radius 1 is 1.26 bits per heavy atom. The third kappa shape index (κ3) is 7.23. The van der Waals surface area contributed by atoms with Crippen LogP contribution in [0.5, 0.6) is 11.5 Å². The first-order valence-corrected chi connectivity index (χ1v) is 7.79. The van der Waals surface area contributed by atoms with Crippen molar-refractivity contribution in [3.05, 3.63) is 23.8 Å². The monoisotopic (exact) mass is 324 g/mol. The lowest BCUT2D eigenvalue weighted by Crippen LogP contribution is -2.35. The molecule has 1 aromatic carbocycles. The first kappa shape index (κ1) is 19.1. The van der Waals surface area contributed by atoms with E-state index in [1.54, 1.807) is 24.1 Å². The number of aromatic hydroxyl groups is 2. The van der Waals surface area contributed by atoms with Crippen LogP contribution < -0.4 is 5.32 Å². The maximum atomic E-state index is 11.8. The number of hydrogen-bond donors (Lipinski definition) is 3. The zero-order chi connectivity index (χ0) is 17.6. The van der Waals surface area contributed by atoms with Gasteiger partial charge in [-0.3, -0.25) is 0 Å². The summed E-state index contributed by atoms with van der Waals surface area (Å²) < 4.78 is 5.28. The minimum Gasteiger partial charge on any atom is -0.508 e. The van der Waals surface area contributed by atoms with E-state index in [1.165, 1.54) is 6.07 Å². The molecule has 0 saturated heterocycles. The molecule has 0 heterocycles. The van der Waals surface area contributed by atoms with E-state index >= 15 is 0 Å². The lowest BCUT2D eigenvalue weighted by Gasteiger charge is -2.24. The normalized spacial score (nSPS) is 12.7. The maximum absolute atomic E-state index is 11.8. The Hall–Kier alpha value is -1.95. The third-order valence-electron chi connectivity index (χ3n) is 3.25.